The number of hydrogen-bond donors (Lipinski definition) is 1. The van der Waals surface area contributed by atoms with Crippen LogP contribution in [0.4, 0.5) is 0 Å². The number of hydrogen-bond acceptors (Lipinski definition) is 3. The van der Waals surface area contributed by atoms with Crippen molar-refractivity contribution >= 4 is 21.7 Å². The van der Waals surface area contributed by atoms with Crippen LogP contribution in [0.1, 0.15) is 43.1 Å². The largest absolute Gasteiger partial charge is 0.327 e. The van der Waals surface area contributed by atoms with Crippen molar-refractivity contribution in [2.24, 2.45) is 11.7 Å². The predicted molar refractivity (Wildman–Crippen MR) is 69.9 cm³/mol. The molecule has 1 fully saturated rings. The lowest BCUT2D eigenvalue weighted by Gasteiger charge is -2.10. The highest BCUT2D eigenvalue weighted by Gasteiger charge is 2.31. The van der Waals surface area contributed by atoms with Crippen molar-refractivity contribution < 1.29 is 4.79 Å². The quantitative estimate of drug-likeness (QED) is 0.820. The first kappa shape index (κ1) is 12.8. The smallest absolute Gasteiger partial charge is 0.183 e. The van der Waals surface area contributed by atoms with Gasteiger partial charge in [0, 0.05) is 19.0 Å². The van der Waals surface area contributed by atoms with Crippen LogP contribution < -0.4 is 5.73 Å². The number of rotatable bonds is 6. The lowest BCUT2D eigenvalue weighted by molar-refractivity contribution is 0.0960. The van der Waals surface area contributed by atoms with Crippen LogP contribution in [-0.2, 0) is 6.54 Å². The average molecular weight is 300 g/mol. The van der Waals surface area contributed by atoms with Gasteiger partial charge in [0.2, 0.25) is 0 Å². The van der Waals surface area contributed by atoms with Crippen LogP contribution in [0, 0.1) is 5.92 Å². The summed E-state index contributed by atoms with van der Waals surface area (Å²) < 4.78 is 2.55. The molecule has 0 radical (unpaired) electrons. The number of nitrogens with zero attached hydrogens (tertiary/aromatic N) is 2. The molecule has 94 valence electrons. The predicted octanol–water partition coefficient (Wildman–Crippen LogP) is 2.37. The molecule has 0 aliphatic heterocycles. The van der Waals surface area contributed by atoms with Gasteiger partial charge in [0.1, 0.15) is 5.69 Å². The van der Waals surface area contributed by atoms with Crippen LogP contribution in [0.25, 0.3) is 0 Å². The van der Waals surface area contributed by atoms with Crippen LogP contribution >= 0.6 is 15.9 Å². The van der Waals surface area contributed by atoms with Crippen molar-refractivity contribution in [2.45, 2.75) is 45.2 Å². The highest BCUT2D eigenvalue weighted by atomic mass is 79.9. The van der Waals surface area contributed by atoms with Gasteiger partial charge in [-0.05, 0) is 41.1 Å². The van der Waals surface area contributed by atoms with E-state index in [-0.39, 0.29) is 11.8 Å². The van der Waals surface area contributed by atoms with Gasteiger partial charge < -0.3 is 5.73 Å². The molecular formula is C12H18BrN3O. The van der Waals surface area contributed by atoms with E-state index in [4.69, 9.17) is 5.73 Å². The molecule has 4 nitrogen and oxygen atoms in total. The molecule has 5 heteroatoms. The molecule has 0 aromatic carbocycles. The van der Waals surface area contributed by atoms with Gasteiger partial charge in [-0.15, -0.1) is 0 Å². The fourth-order valence-corrected chi connectivity index (χ4v) is 2.54. The minimum absolute atomic E-state index is 0.0133. The fraction of sp³-hybridized carbons (Fsp3) is 0.667. The van der Waals surface area contributed by atoms with E-state index in [2.05, 4.69) is 28.0 Å². The van der Waals surface area contributed by atoms with E-state index >= 15 is 0 Å². The van der Waals surface area contributed by atoms with Crippen LogP contribution in [0.15, 0.2) is 10.7 Å². The van der Waals surface area contributed by atoms with E-state index in [1.54, 1.807) is 10.9 Å². The lowest BCUT2D eigenvalue weighted by atomic mass is 10.1. The van der Waals surface area contributed by atoms with Crippen molar-refractivity contribution in [3.8, 4) is 0 Å². The van der Waals surface area contributed by atoms with Crippen molar-refractivity contribution in [3.05, 3.63) is 16.4 Å². The van der Waals surface area contributed by atoms with Crippen LogP contribution in [-0.4, -0.2) is 21.6 Å². The second kappa shape index (κ2) is 5.31. The Hall–Kier alpha value is -0.680. The van der Waals surface area contributed by atoms with Gasteiger partial charge in [-0.2, -0.15) is 5.10 Å². The number of carbonyl (C=O) groups is 1. The average Bonchev–Trinajstić information content (AvgIpc) is 3.05. The normalized spacial score (nSPS) is 17.1. The topological polar surface area (TPSA) is 60.9 Å². The molecule has 1 aromatic rings. The van der Waals surface area contributed by atoms with E-state index in [1.807, 2.05) is 0 Å². The van der Waals surface area contributed by atoms with E-state index in [1.165, 1.54) is 12.8 Å². The Morgan fingerprint density at radius 3 is 3.00 bits per heavy atom. The molecule has 1 aliphatic rings. The van der Waals surface area contributed by atoms with Gasteiger partial charge in [-0.1, -0.05) is 6.92 Å². The zero-order chi connectivity index (χ0) is 12.4. The molecular weight excluding hydrogens is 282 g/mol. The molecule has 1 heterocycles. The van der Waals surface area contributed by atoms with Crippen molar-refractivity contribution in [2.75, 3.05) is 0 Å². The Kier molecular flexibility index (Phi) is 3.99. The molecule has 2 N–H and O–H groups in total. The van der Waals surface area contributed by atoms with E-state index in [0.717, 1.165) is 17.4 Å². The van der Waals surface area contributed by atoms with Crippen LogP contribution in [0.3, 0.4) is 0 Å². The molecule has 1 saturated carbocycles. The number of aromatic nitrogens is 2. The van der Waals surface area contributed by atoms with Gasteiger partial charge >= 0.3 is 0 Å². The van der Waals surface area contributed by atoms with Crippen molar-refractivity contribution in [3.63, 3.8) is 0 Å². The highest BCUT2D eigenvalue weighted by Crippen LogP contribution is 2.33. The van der Waals surface area contributed by atoms with Gasteiger partial charge in [0.05, 0.1) is 10.7 Å². The fourth-order valence-electron chi connectivity index (χ4n) is 2.02. The SMILES string of the molecule is CCCn1ncc(Br)c1C(=O)CC(N)C1CC1. The number of carbonyl (C=O) groups excluding carboxylic acids is 1. The monoisotopic (exact) mass is 299 g/mol. The van der Waals surface area contributed by atoms with Gasteiger partial charge in [0.25, 0.3) is 0 Å². The summed E-state index contributed by atoms with van der Waals surface area (Å²) >= 11 is 3.39. The summed E-state index contributed by atoms with van der Waals surface area (Å²) in [5.41, 5.74) is 6.66. The molecule has 1 atom stereocenters. The molecule has 2 rings (SSSR count). The Morgan fingerprint density at radius 1 is 1.71 bits per heavy atom. The maximum absolute atomic E-state index is 12.2. The molecule has 0 amide bonds. The third-order valence-electron chi connectivity index (χ3n) is 3.14. The van der Waals surface area contributed by atoms with E-state index in [0.29, 0.717) is 18.0 Å². The highest BCUT2D eigenvalue weighted by molar-refractivity contribution is 9.10. The summed E-state index contributed by atoms with van der Waals surface area (Å²) in [6.45, 7) is 2.84. The van der Waals surface area contributed by atoms with Crippen LogP contribution in [0.2, 0.25) is 0 Å². The zero-order valence-corrected chi connectivity index (χ0v) is 11.6. The molecule has 1 unspecified atom stereocenters. The Morgan fingerprint density at radius 2 is 2.41 bits per heavy atom. The summed E-state index contributed by atoms with van der Waals surface area (Å²) in [6, 6.07) is 0.0133. The molecule has 1 aliphatic carbocycles. The Balaban J connectivity index is 2.08. The van der Waals surface area contributed by atoms with Gasteiger partial charge in [-0.3, -0.25) is 9.48 Å². The standard InChI is InChI=1S/C12H18BrN3O/c1-2-5-16-12(9(13)7-15-16)11(17)6-10(14)8-3-4-8/h7-8,10H,2-6,14H2,1H3. The third kappa shape index (κ3) is 2.96. The summed E-state index contributed by atoms with van der Waals surface area (Å²) in [5, 5.41) is 4.20. The number of halogens is 1. The minimum atomic E-state index is 0.0133. The van der Waals surface area contributed by atoms with Crippen LogP contribution in [0.5, 0.6) is 0 Å². The first-order valence-corrected chi connectivity index (χ1v) is 6.92. The van der Waals surface area contributed by atoms with Gasteiger partial charge in [-0.25, -0.2) is 0 Å². The third-order valence-corrected chi connectivity index (χ3v) is 3.72. The van der Waals surface area contributed by atoms with E-state index in [9.17, 15) is 4.79 Å². The molecule has 0 saturated heterocycles. The molecule has 17 heavy (non-hydrogen) atoms. The zero-order valence-electron chi connectivity index (χ0n) is 10.0. The van der Waals surface area contributed by atoms with Crippen molar-refractivity contribution in [1.82, 2.24) is 9.78 Å². The second-order valence-corrected chi connectivity index (χ2v) is 5.55. The number of ketones is 1. The summed E-state index contributed by atoms with van der Waals surface area (Å²) in [4.78, 5) is 12.2. The lowest BCUT2D eigenvalue weighted by Crippen LogP contribution is -2.27. The molecule has 1 aromatic heterocycles. The van der Waals surface area contributed by atoms with Gasteiger partial charge in [0.15, 0.2) is 5.78 Å². The van der Waals surface area contributed by atoms with Crippen molar-refractivity contribution in [1.29, 1.82) is 0 Å². The number of aryl methyl sites for hydroxylation is 1. The Bertz CT molecular complexity index is 412. The minimum Gasteiger partial charge on any atom is -0.327 e. The summed E-state index contributed by atoms with van der Waals surface area (Å²) in [6.07, 6.45) is 5.42. The molecule has 0 bridgehead atoms. The first-order valence-electron chi connectivity index (χ1n) is 6.13. The summed E-state index contributed by atoms with van der Waals surface area (Å²) in [7, 11) is 0. The summed E-state index contributed by atoms with van der Waals surface area (Å²) in [5.74, 6) is 0.655. The van der Waals surface area contributed by atoms with E-state index < -0.39 is 0 Å². The number of nitrogens with two attached hydrogens (primary N) is 1. The maximum atomic E-state index is 12.2. The number of Topliss-reactive ketones (excluding diaryl/α,β-unsaturated/α-hetero) is 1. The Labute approximate surface area is 110 Å². The second-order valence-electron chi connectivity index (χ2n) is 4.69. The first-order chi connectivity index (χ1) is 8.13. The maximum Gasteiger partial charge on any atom is 0.183 e. The molecule has 0 spiro atoms.